The highest BCUT2D eigenvalue weighted by molar-refractivity contribution is 9.11. The Morgan fingerprint density at radius 1 is 0.149 bits per heavy atom. The van der Waals surface area contributed by atoms with Gasteiger partial charge in [-0.25, -0.2) is 0 Å². The van der Waals surface area contributed by atoms with Gasteiger partial charge in [-0.05, 0) is 265 Å². The molecule has 21 aromatic carbocycles. The standard InChI is InChI=1S/C42H28.C26H17Br.2C16H13BO2.C10H6Br2.2CH4/c1-2-9-33-25-35(20-19-29(33)7-1)30-15-17-31(18-16-30)36-21-22-39-27-37(23-24-38(39)26-36)34-11-5-12-40(28-34)42-14-6-10-32-8-3-4-13-41(32)42;27-24-14-13-21-15-20(11-12-22(21)17-24)19-7-3-8-23(16-19)26-10-4-6-18-5-1-2-9-25(18)26;18-17(19)14-8-3-7-13(11-14)16-10-4-6-12-5-1-2-9-15(12)16;18-17(19)16-9-7-13(8-10-16)15-6-5-12-3-1-2-4-14(12)11-15;11-9-3-1-7-5-10(12)4-2-8(7)6-9;;/h1-28H;1-17H;2*1-11,18-19H;1-6H;2*1H4. The predicted molar refractivity (Wildman–Crippen MR) is 532 cm³/mol. The van der Waals surface area contributed by atoms with Crippen LogP contribution in [0.1, 0.15) is 14.9 Å². The van der Waals surface area contributed by atoms with Crippen molar-refractivity contribution in [2.75, 3.05) is 0 Å². The summed E-state index contributed by atoms with van der Waals surface area (Å²) in [4.78, 5) is 0. The summed E-state index contributed by atoms with van der Waals surface area (Å²) in [5.41, 5.74) is 20.2. The molecule has 121 heavy (non-hydrogen) atoms. The van der Waals surface area contributed by atoms with Crippen LogP contribution < -0.4 is 10.9 Å². The molecular weight excluding hydrogens is 1670 g/mol. The van der Waals surface area contributed by atoms with Crippen molar-refractivity contribution in [2.45, 2.75) is 14.9 Å². The molecule has 0 radical (unpaired) electrons. The van der Waals surface area contributed by atoms with Crippen molar-refractivity contribution < 1.29 is 20.1 Å². The summed E-state index contributed by atoms with van der Waals surface area (Å²) in [6, 6.07) is 155. The van der Waals surface area contributed by atoms with E-state index in [0.717, 1.165) is 41.1 Å². The number of rotatable bonds is 10. The highest BCUT2D eigenvalue weighted by Crippen LogP contribution is 2.38. The van der Waals surface area contributed by atoms with Gasteiger partial charge < -0.3 is 20.1 Å². The van der Waals surface area contributed by atoms with Gasteiger partial charge in [0.05, 0.1) is 0 Å². The first kappa shape index (κ1) is 83.2. The van der Waals surface area contributed by atoms with Crippen molar-refractivity contribution in [1.29, 1.82) is 0 Å². The van der Waals surface area contributed by atoms with Gasteiger partial charge >= 0.3 is 14.2 Å². The van der Waals surface area contributed by atoms with Crippen LogP contribution in [-0.4, -0.2) is 34.3 Å². The molecule has 0 aliphatic rings. The van der Waals surface area contributed by atoms with Crippen LogP contribution in [-0.2, 0) is 0 Å². The average molecular weight is 1760 g/mol. The average Bonchev–Trinajstić information content (AvgIpc) is 0.787. The summed E-state index contributed by atoms with van der Waals surface area (Å²) in [7, 11) is -2.85. The second-order valence-electron chi connectivity index (χ2n) is 29.6. The number of benzene rings is 21. The third kappa shape index (κ3) is 19.5. The highest BCUT2D eigenvalue weighted by Gasteiger charge is 2.16. The molecule has 0 saturated carbocycles. The van der Waals surface area contributed by atoms with Gasteiger partial charge in [0.25, 0.3) is 0 Å². The summed E-state index contributed by atoms with van der Waals surface area (Å²) in [6.07, 6.45) is 0. The summed E-state index contributed by atoms with van der Waals surface area (Å²) < 4.78 is 3.36. The maximum Gasteiger partial charge on any atom is 0.488 e. The third-order valence-corrected chi connectivity index (χ3v) is 23.4. The largest absolute Gasteiger partial charge is 0.488 e. The topological polar surface area (TPSA) is 80.9 Å². The van der Waals surface area contributed by atoms with Gasteiger partial charge in [0.2, 0.25) is 0 Å². The first-order valence-electron chi connectivity index (χ1n) is 39.6. The second kappa shape index (κ2) is 38.4. The summed E-state index contributed by atoms with van der Waals surface area (Å²) in [6.45, 7) is 0. The zero-order valence-corrected chi connectivity index (χ0v) is 69.5. The molecule has 9 heteroatoms. The summed E-state index contributed by atoms with van der Waals surface area (Å²) >= 11 is 10.4. The molecule has 0 bridgehead atoms. The normalized spacial score (nSPS) is 10.8. The van der Waals surface area contributed by atoms with E-state index < -0.39 is 14.2 Å². The van der Waals surface area contributed by atoms with E-state index in [9.17, 15) is 10.0 Å². The predicted octanol–water partition coefficient (Wildman–Crippen LogP) is 29.9. The van der Waals surface area contributed by atoms with E-state index in [2.05, 4.69) is 406 Å². The molecule has 4 nitrogen and oxygen atoms in total. The van der Waals surface area contributed by atoms with Gasteiger partial charge in [-0.1, -0.05) is 427 Å². The van der Waals surface area contributed by atoms with Gasteiger partial charge in [-0.15, -0.1) is 0 Å². The molecule has 584 valence electrons. The van der Waals surface area contributed by atoms with Gasteiger partial charge in [0.1, 0.15) is 0 Å². The van der Waals surface area contributed by atoms with Crippen LogP contribution in [0.25, 0.3) is 175 Å². The second-order valence-corrected chi connectivity index (χ2v) is 32.3. The van der Waals surface area contributed by atoms with Crippen LogP contribution in [0.15, 0.2) is 456 Å². The van der Waals surface area contributed by atoms with Crippen LogP contribution in [0.2, 0.25) is 0 Å². The third-order valence-electron chi connectivity index (χ3n) is 21.9. The van der Waals surface area contributed by atoms with Crippen molar-refractivity contribution in [3.8, 4) is 89.0 Å². The van der Waals surface area contributed by atoms with E-state index in [0.29, 0.717) is 10.9 Å². The first-order valence-corrected chi connectivity index (χ1v) is 41.9. The van der Waals surface area contributed by atoms with E-state index in [4.69, 9.17) is 10.0 Å². The van der Waals surface area contributed by atoms with Crippen molar-refractivity contribution in [2.24, 2.45) is 0 Å². The zero-order valence-electron chi connectivity index (χ0n) is 64.7. The Labute approximate surface area is 733 Å². The van der Waals surface area contributed by atoms with Crippen molar-refractivity contribution in [1.82, 2.24) is 0 Å². The monoisotopic (exact) mass is 1750 g/mol. The molecule has 4 N–H and O–H groups in total. The SMILES string of the molecule is Brc1ccc2cc(-c3cccc(-c4cccc5ccccc45)c3)ccc2c1.Brc1ccc2cc(Br)ccc2c1.C.C.OB(O)c1ccc(-c2ccc3ccccc3c2)cc1.OB(O)c1cccc(-c2cccc3ccccc23)c1.c1cc(-c2ccc3cc(-c4ccc(-c5ccc6ccccc6c5)cc4)ccc3c2)cc(-c2cccc3ccccc23)c1. The van der Waals surface area contributed by atoms with Gasteiger partial charge in [-0.3, -0.25) is 0 Å². The number of fused-ring (bicyclic) bond motifs is 8. The fourth-order valence-corrected chi connectivity index (χ4v) is 16.8. The van der Waals surface area contributed by atoms with E-state index in [1.807, 2.05) is 66.7 Å². The quantitative estimate of drug-likeness (QED) is 0.103. The molecular formula is C112H85B2Br3O4. The van der Waals surface area contributed by atoms with Crippen molar-refractivity contribution >= 4 is 159 Å². The fraction of sp³-hybridized carbons (Fsp3) is 0.0179. The number of hydrogen-bond acceptors (Lipinski definition) is 4. The van der Waals surface area contributed by atoms with Crippen LogP contribution in [0.4, 0.5) is 0 Å². The van der Waals surface area contributed by atoms with E-state index in [1.54, 1.807) is 18.2 Å². The smallest absolute Gasteiger partial charge is 0.423 e. The van der Waals surface area contributed by atoms with Gasteiger partial charge in [0, 0.05) is 13.4 Å². The Morgan fingerprint density at radius 3 is 0.719 bits per heavy atom. The fourth-order valence-electron chi connectivity index (χ4n) is 15.7. The van der Waals surface area contributed by atoms with Crippen LogP contribution >= 0.6 is 47.8 Å². The van der Waals surface area contributed by atoms with E-state index >= 15 is 0 Å². The molecule has 21 rings (SSSR count). The molecule has 0 aromatic heterocycles. The minimum absolute atomic E-state index is 0. The van der Waals surface area contributed by atoms with Crippen LogP contribution in [0, 0.1) is 0 Å². The lowest BCUT2D eigenvalue weighted by Gasteiger charge is -2.11. The lowest BCUT2D eigenvalue weighted by atomic mass is 9.79. The molecule has 0 atom stereocenters. The van der Waals surface area contributed by atoms with Crippen molar-refractivity contribution in [3.05, 3.63) is 456 Å². The molecule has 0 aliphatic heterocycles. The Morgan fingerprint density at radius 2 is 0.372 bits per heavy atom. The maximum atomic E-state index is 9.26. The number of halogens is 3. The Kier molecular flexibility index (Phi) is 26.4. The van der Waals surface area contributed by atoms with E-state index in [-0.39, 0.29) is 14.9 Å². The zero-order chi connectivity index (χ0) is 81.1. The maximum absolute atomic E-state index is 9.26. The first-order chi connectivity index (χ1) is 58.3. The van der Waals surface area contributed by atoms with Crippen LogP contribution in [0.5, 0.6) is 0 Å². The Hall–Kier alpha value is -12.9. The molecule has 0 spiro atoms. The van der Waals surface area contributed by atoms with E-state index in [1.165, 1.54) is 148 Å². The molecule has 0 fully saturated rings. The molecule has 0 saturated heterocycles. The lowest BCUT2D eigenvalue weighted by molar-refractivity contribution is 0.424. The lowest BCUT2D eigenvalue weighted by Crippen LogP contribution is -2.29. The Bertz CT molecular complexity index is 7200. The Balaban J connectivity index is 0.000000125. The minimum Gasteiger partial charge on any atom is -0.423 e. The summed E-state index contributed by atoms with van der Waals surface area (Å²) in [5.74, 6) is 0. The van der Waals surface area contributed by atoms with Crippen LogP contribution in [0.3, 0.4) is 0 Å². The molecule has 0 unspecified atom stereocenters. The van der Waals surface area contributed by atoms with Gasteiger partial charge in [-0.2, -0.15) is 0 Å². The number of hydrogen-bond donors (Lipinski definition) is 4. The summed E-state index contributed by atoms with van der Waals surface area (Å²) in [5, 5.41) is 56.6. The van der Waals surface area contributed by atoms with Crippen molar-refractivity contribution in [3.63, 3.8) is 0 Å². The minimum atomic E-state index is -1.44. The highest BCUT2D eigenvalue weighted by atomic mass is 79.9. The molecule has 0 heterocycles. The molecule has 0 amide bonds. The molecule has 21 aromatic rings. The van der Waals surface area contributed by atoms with Gasteiger partial charge in [0.15, 0.2) is 0 Å². The molecule has 0 aliphatic carbocycles.